The summed E-state index contributed by atoms with van der Waals surface area (Å²) in [5, 5.41) is 3.88. The lowest BCUT2D eigenvalue weighted by atomic mass is 10.2. The van der Waals surface area contributed by atoms with Crippen LogP contribution in [0.3, 0.4) is 0 Å². The lowest BCUT2D eigenvalue weighted by Crippen LogP contribution is -1.90. The summed E-state index contributed by atoms with van der Waals surface area (Å²) in [6.45, 7) is 0. The second-order valence-electron chi connectivity index (χ2n) is 4.03. The monoisotopic (exact) mass is 255 g/mol. The Balaban J connectivity index is 1.99. The maximum absolute atomic E-state index is 13.4. The van der Waals surface area contributed by atoms with Crippen LogP contribution in [0.15, 0.2) is 53.1 Å². The SMILES string of the molecule is Nc1ccc(-c2nc(-c3ccccc3)no2)cc1F. The molecule has 0 saturated heterocycles. The van der Waals surface area contributed by atoms with Crippen molar-refractivity contribution in [2.75, 3.05) is 5.73 Å². The van der Waals surface area contributed by atoms with Crippen molar-refractivity contribution >= 4 is 5.69 Å². The van der Waals surface area contributed by atoms with Crippen LogP contribution in [0.1, 0.15) is 0 Å². The van der Waals surface area contributed by atoms with E-state index in [1.165, 1.54) is 12.1 Å². The molecule has 0 fully saturated rings. The normalized spacial score (nSPS) is 10.6. The van der Waals surface area contributed by atoms with E-state index < -0.39 is 5.82 Å². The first-order valence-electron chi connectivity index (χ1n) is 5.68. The van der Waals surface area contributed by atoms with Gasteiger partial charge in [-0.25, -0.2) is 4.39 Å². The van der Waals surface area contributed by atoms with Gasteiger partial charge in [0.2, 0.25) is 5.82 Å². The van der Waals surface area contributed by atoms with E-state index in [4.69, 9.17) is 10.3 Å². The van der Waals surface area contributed by atoms with E-state index in [1.807, 2.05) is 30.3 Å². The van der Waals surface area contributed by atoms with Crippen molar-refractivity contribution in [3.05, 3.63) is 54.3 Å². The van der Waals surface area contributed by atoms with Gasteiger partial charge >= 0.3 is 0 Å². The number of nitrogens with two attached hydrogens (primary N) is 1. The standard InChI is InChI=1S/C14H10FN3O/c15-11-8-10(6-7-12(11)16)14-17-13(18-19-14)9-4-2-1-3-5-9/h1-8H,16H2. The number of nitrogens with zero attached hydrogens (tertiary/aromatic N) is 2. The summed E-state index contributed by atoms with van der Waals surface area (Å²) in [6.07, 6.45) is 0. The van der Waals surface area contributed by atoms with Gasteiger partial charge < -0.3 is 10.3 Å². The van der Waals surface area contributed by atoms with Gasteiger partial charge in [0.15, 0.2) is 0 Å². The van der Waals surface area contributed by atoms with Crippen LogP contribution in [0.4, 0.5) is 10.1 Å². The van der Waals surface area contributed by atoms with Crippen molar-refractivity contribution in [1.82, 2.24) is 10.1 Å². The quantitative estimate of drug-likeness (QED) is 0.714. The maximum Gasteiger partial charge on any atom is 0.258 e. The van der Waals surface area contributed by atoms with Crippen molar-refractivity contribution < 1.29 is 8.91 Å². The third-order valence-electron chi connectivity index (χ3n) is 2.71. The van der Waals surface area contributed by atoms with Crippen molar-refractivity contribution in [2.24, 2.45) is 0 Å². The zero-order valence-electron chi connectivity index (χ0n) is 9.88. The third-order valence-corrected chi connectivity index (χ3v) is 2.71. The van der Waals surface area contributed by atoms with E-state index in [0.717, 1.165) is 5.56 Å². The number of hydrogen-bond donors (Lipinski definition) is 1. The average molecular weight is 255 g/mol. The Morgan fingerprint density at radius 2 is 1.79 bits per heavy atom. The molecule has 0 atom stereocenters. The number of aromatic nitrogens is 2. The fourth-order valence-corrected chi connectivity index (χ4v) is 1.71. The summed E-state index contributed by atoms with van der Waals surface area (Å²) in [5.41, 5.74) is 6.85. The molecule has 0 amide bonds. The number of nitrogen functional groups attached to an aromatic ring is 1. The number of anilines is 1. The van der Waals surface area contributed by atoms with Gasteiger partial charge in [0, 0.05) is 11.1 Å². The fraction of sp³-hybridized carbons (Fsp3) is 0. The Morgan fingerprint density at radius 1 is 1.00 bits per heavy atom. The predicted molar refractivity (Wildman–Crippen MR) is 69.5 cm³/mol. The van der Waals surface area contributed by atoms with Gasteiger partial charge in [0.05, 0.1) is 5.69 Å². The Morgan fingerprint density at radius 3 is 2.53 bits per heavy atom. The minimum absolute atomic E-state index is 0.0894. The predicted octanol–water partition coefficient (Wildman–Crippen LogP) is 3.12. The molecule has 2 aromatic carbocycles. The molecule has 19 heavy (non-hydrogen) atoms. The minimum Gasteiger partial charge on any atom is -0.396 e. The van der Waals surface area contributed by atoms with Crippen molar-refractivity contribution in [3.63, 3.8) is 0 Å². The van der Waals surface area contributed by atoms with Crippen LogP contribution in [-0.4, -0.2) is 10.1 Å². The Kier molecular flexibility index (Phi) is 2.72. The molecular weight excluding hydrogens is 245 g/mol. The molecule has 0 unspecified atom stereocenters. The van der Waals surface area contributed by atoms with Gasteiger partial charge in [-0.2, -0.15) is 4.98 Å². The van der Waals surface area contributed by atoms with Crippen LogP contribution < -0.4 is 5.73 Å². The van der Waals surface area contributed by atoms with Crippen LogP contribution in [0.25, 0.3) is 22.8 Å². The Hall–Kier alpha value is -2.69. The molecule has 0 radical (unpaired) electrons. The zero-order chi connectivity index (χ0) is 13.2. The van der Waals surface area contributed by atoms with Gasteiger partial charge in [0.25, 0.3) is 5.89 Å². The average Bonchev–Trinajstić information content (AvgIpc) is 2.93. The van der Waals surface area contributed by atoms with Gasteiger partial charge in [-0.05, 0) is 18.2 Å². The highest BCUT2D eigenvalue weighted by Crippen LogP contribution is 2.24. The molecule has 94 valence electrons. The molecule has 4 nitrogen and oxygen atoms in total. The number of hydrogen-bond acceptors (Lipinski definition) is 4. The lowest BCUT2D eigenvalue weighted by molar-refractivity contribution is 0.432. The lowest BCUT2D eigenvalue weighted by Gasteiger charge is -1.97. The van der Waals surface area contributed by atoms with Gasteiger partial charge in [-0.1, -0.05) is 35.5 Å². The Labute approximate surface area is 108 Å². The fourth-order valence-electron chi connectivity index (χ4n) is 1.71. The van der Waals surface area contributed by atoms with Gasteiger partial charge in [-0.15, -0.1) is 0 Å². The highest BCUT2D eigenvalue weighted by molar-refractivity contribution is 5.61. The van der Waals surface area contributed by atoms with E-state index in [-0.39, 0.29) is 11.6 Å². The van der Waals surface area contributed by atoms with Crippen LogP contribution in [0.5, 0.6) is 0 Å². The van der Waals surface area contributed by atoms with E-state index >= 15 is 0 Å². The summed E-state index contributed by atoms with van der Waals surface area (Å²) in [7, 11) is 0. The summed E-state index contributed by atoms with van der Waals surface area (Å²) < 4.78 is 18.5. The molecule has 0 aliphatic carbocycles. The van der Waals surface area contributed by atoms with Crippen LogP contribution >= 0.6 is 0 Å². The molecular formula is C14H10FN3O. The molecule has 0 aliphatic rings. The van der Waals surface area contributed by atoms with E-state index in [2.05, 4.69) is 10.1 Å². The first-order valence-corrected chi connectivity index (χ1v) is 5.68. The van der Waals surface area contributed by atoms with Crippen LogP contribution in [0.2, 0.25) is 0 Å². The molecule has 0 spiro atoms. The Bertz CT molecular complexity index is 710. The van der Waals surface area contributed by atoms with E-state index in [1.54, 1.807) is 6.07 Å². The second-order valence-corrected chi connectivity index (χ2v) is 4.03. The maximum atomic E-state index is 13.4. The smallest absolute Gasteiger partial charge is 0.258 e. The van der Waals surface area contributed by atoms with Crippen molar-refractivity contribution in [2.45, 2.75) is 0 Å². The minimum atomic E-state index is -0.503. The largest absolute Gasteiger partial charge is 0.396 e. The van der Waals surface area contributed by atoms with Crippen molar-refractivity contribution in [3.8, 4) is 22.8 Å². The van der Waals surface area contributed by atoms with E-state index in [0.29, 0.717) is 11.4 Å². The highest BCUT2D eigenvalue weighted by atomic mass is 19.1. The highest BCUT2D eigenvalue weighted by Gasteiger charge is 2.11. The molecule has 2 N–H and O–H groups in total. The molecule has 3 aromatic rings. The number of rotatable bonds is 2. The zero-order valence-corrected chi connectivity index (χ0v) is 9.88. The van der Waals surface area contributed by atoms with Gasteiger partial charge in [0.1, 0.15) is 5.82 Å². The molecule has 0 aliphatic heterocycles. The van der Waals surface area contributed by atoms with Crippen molar-refractivity contribution in [1.29, 1.82) is 0 Å². The number of benzene rings is 2. The topological polar surface area (TPSA) is 64.9 Å². The molecule has 3 rings (SSSR count). The summed E-state index contributed by atoms with van der Waals surface area (Å²) >= 11 is 0. The summed E-state index contributed by atoms with van der Waals surface area (Å²) in [5.74, 6) is 0.225. The molecule has 1 heterocycles. The summed E-state index contributed by atoms with van der Waals surface area (Å²) in [4.78, 5) is 4.24. The molecule has 1 aromatic heterocycles. The van der Waals surface area contributed by atoms with Gasteiger partial charge in [-0.3, -0.25) is 0 Å². The number of halogens is 1. The first kappa shape index (κ1) is 11.4. The second kappa shape index (κ2) is 4.53. The molecule has 0 bridgehead atoms. The molecule has 5 heteroatoms. The first-order chi connectivity index (χ1) is 9.24. The van der Waals surface area contributed by atoms with Crippen LogP contribution in [0, 0.1) is 5.82 Å². The summed E-state index contributed by atoms with van der Waals surface area (Å²) in [6, 6.07) is 13.8. The van der Waals surface area contributed by atoms with Crippen LogP contribution in [-0.2, 0) is 0 Å². The third kappa shape index (κ3) is 2.18. The van der Waals surface area contributed by atoms with E-state index in [9.17, 15) is 4.39 Å². The molecule has 0 saturated carbocycles.